The van der Waals surface area contributed by atoms with Crippen molar-refractivity contribution in [3.05, 3.63) is 90.3 Å². The number of carbonyl (C=O) groups is 1. The van der Waals surface area contributed by atoms with Crippen molar-refractivity contribution in [1.82, 2.24) is 9.71 Å². The smallest absolute Gasteiger partial charge is 0.328 e. The van der Waals surface area contributed by atoms with Gasteiger partial charge in [-0.2, -0.15) is 4.72 Å². The lowest BCUT2D eigenvalue weighted by Crippen LogP contribution is -2.34. The van der Waals surface area contributed by atoms with Crippen LogP contribution in [0.1, 0.15) is 17.2 Å². The highest BCUT2D eigenvalue weighted by molar-refractivity contribution is 7.89. The molecule has 0 aliphatic carbocycles. The molecule has 0 saturated carbocycles. The largest absolute Gasteiger partial charge is 0.489 e. The van der Waals surface area contributed by atoms with E-state index in [-0.39, 0.29) is 4.90 Å². The molecule has 3 rings (SSSR count). The minimum Gasteiger partial charge on any atom is -0.489 e. The number of pyridine rings is 1. The van der Waals surface area contributed by atoms with E-state index >= 15 is 0 Å². The molecule has 3 aromatic rings. The number of nitrogens with zero attached hydrogens (tertiary/aromatic N) is 1. The van der Waals surface area contributed by atoms with E-state index in [2.05, 4.69) is 9.71 Å². The van der Waals surface area contributed by atoms with Gasteiger partial charge in [-0.25, -0.2) is 13.2 Å². The lowest BCUT2D eigenvalue weighted by atomic mass is 10.1. The number of nitrogens with one attached hydrogen (secondary N) is 1. The van der Waals surface area contributed by atoms with Crippen molar-refractivity contribution in [3.63, 3.8) is 0 Å². The Kier molecular flexibility index (Phi) is 6.58. The maximum Gasteiger partial charge on any atom is 0.328 e. The molecule has 2 aromatic carbocycles. The van der Waals surface area contributed by atoms with Crippen LogP contribution < -0.4 is 9.46 Å². The highest BCUT2D eigenvalue weighted by Crippen LogP contribution is 2.22. The number of carbonyl (C=O) groups excluding carboxylic acids is 1. The van der Waals surface area contributed by atoms with Crippen LogP contribution in [0.25, 0.3) is 0 Å². The van der Waals surface area contributed by atoms with Crippen LogP contribution in [0.4, 0.5) is 0 Å². The normalized spacial score (nSPS) is 12.2. The molecule has 150 valence electrons. The maximum atomic E-state index is 12.6. The number of esters is 1. The summed E-state index contributed by atoms with van der Waals surface area (Å²) in [5.41, 5.74) is 1.35. The van der Waals surface area contributed by atoms with E-state index in [0.29, 0.717) is 17.9 Å². The predicted octanol–water partition coefficient (Wildman–Crippen LogP) is 2.85. The van der Waals surface area contributed by atoms with Gasteiger partial charge in [0, 0.05) is 18.0 Å². The summed E-state index contributed by atoms with van der Waals surface area (Å²) in [7, 11) is -2.70. The zero-order chi connectivity index (χ0) is 20.7. The van der Waals surface area contributed by atoms with Crippen molar-refractivity contribution in [3.8, 4) is 5.75 Å². The Morgan fingerprint density at radius 1 is 1.03 bits per heavy atom. The van der Waals surface area contributed by atoms with E-state index < -0.39 is 22.0 Å². The number of sulfonamides is 1. The summed E-state index contributed by atoms with van der Waals surface area (Å²) in [6.07, 6.45) is 3.39. The molecule has 0 spiro atoms. The van der Waals surface area contributed by atoms with Crippen molar-refractivity contribution in [2.24, 2.45) is 0 Å². The van der Waals surface area contributed by atoms with E-state index in [9.17, 15) is 13.2 Å². The van der Waals surface area contributed by atoms with Gasteiger partial charge in [0.1, 0.15) is 18.4 Å². The molecule has 1 aromatic heterocycles. The van der Waals surface area contributed by atoms with Crippen LogP contribution in [0.15, 0.2) is 84.0 Å². The molecule has 0 aliphatic heterocycles. The molecule has 0 unspecified atom stereocenters. The lowest BCUT2D eigenvalue weighted by Gasteiger charge is -2.17. The third kappa shape index (κ3) is 5.40. The number of hydrogen-bond acceptors (Lipinski definition) is 6. The Balaban J connectivity index is 1.76. The highest BCUT2D eigenvalue weighted by atomic mass is 32.2. The van der Waals surface area contributed by atoms with Gasteiger partial charge in [-0.05, 0) is 35.9 Å². The van der Waals surface area contributed by atoms with Gasteiger partial charge in [-0.15, -0.1) is 0 Å². The number of benzene rings is 2. The minimum atomic E-state index is -3.91. The summed E-state index contributed by atoms with van der Waals surface area (Å²) in [5.74, 6) is -0.138. The third-order valence-electron chi connectivity index (χ3n) is 4.11. The molecule has 0 amide bonds. The number of hydrogen-bond donors (Lipinski definition) is 1. The van der Waals surface area contributed by atoms with Gasteiger partial charge in [0.15, 0.2) is 0 Å². The lowest BCUT2D eigenvalue weighted by molar-refractivity contribution is -0.142. The van der Waals surface area contributed by atoms with Crippen LogP contribution in [-0.4, -0.2) is 26.5 Å². The fourth-order valence-corrected chi connectivity index (χ4v) is 3.79. The molecular formula is C21H20N2O5S. The third-order valence-corrected chi connectivity index (χ3v) is 5.54. The Morgan fingerprint density at radius 2 is 1.76 bits per heavy atom. The van der Waals surface area contributed by atoms with E-state index in [0.717, 1.165) is 5.56 Å². The van der Waals surface area contributed by atoms with E-state index in [1.54, 1.807) is 54.9 Å². The Labute approximate surface area is 169 Å². The van der Waals surface area contributed by atoms with Gasteiger partial charge < -0.3 is 9.47 Å². The van der Waals surface area contributed by atoms with Gasteiger partial charge in [0.2, 0.25) is 10.0 Å². The second kappa shape index (κ2) is 9.31. The molecule has 0 saturated heterocycles. The van der Waals surface area contributed by atoms with Gasteiger partial charge in [-0.3, -0.25) is 4.98 Å². The summed E-state index contributed by atoms with van der Waals surface area (Å²) in [6, 6.07) is 16.9. The predicted molar refractivity (Wildman–Crippen MR) is 107 cm³/mol. The fraction of sp³-hybridized carbons (Fsp3) is 0.143. The van der Waals surface area contributed by atoms with E-state index in [1.807, 2.05) is 12.1 Å². The Bertz CT molecular complexity index is 1040. The van der Waals surface area contributed by atoms with Crippen molar-refractivity contribution in [2.75, 3.05) is 7.11 Å². The van der Waals surface area contributed by atoms with E-state index in [4.69, 9.17) is 9.47 Å². The maximum absolute atomic E-state index is 12.6. The summed E-state index contributed by atoms with van der Waals surface area (Å²) >= 11 is 0. The summed E-state index contributed by atoms with van der Waals surface area (Å²) in [5, 5.41) is 0. The molecule has 7 nitrogen and oxygen atoms in total. The van der Waals surface area contributed by atoms with Gasteiger partial charge in [0.25, 0.3) is 0 Å². The molecule has 0 radical (unpaired) electrons. The second-order valence-corrected chi connectivity index (χ2v) is 7.82. The van der Waals surface area contributed by atoms with Crippen molar-refractivity contribution >= 4 is 16.0 Å². The molecule has 1 atom stereocenters. The van der Waals surface area contributed by atoms with Crippen molar-refractivity contribution in [1.29, 1.82) is 0 Å². The molecule has 8 heteroatoms. The average molecular weight is 412 g/mol. The first kappa shape index (κ1) is 20.5. The number of ether oxygens (including phenoxy) is 2. The Hall–Kier alpha value is -3.23. The summed E-state index contributed by atoms with van der Waals surface area (Å²) in [4.78, 5) is 16.3. The SMILES string of the molecule is COC(=O)[C@H](NS(=O)(=O)c1ccccc1)c1ccc(OCc2cccnc2)cc1. The van der Waals surface area contributed by atoms with Crippen LogP contribution in [0.2, 0.25) is 0 Å². The molecule has 0 fully saturated rings. The quantitative estimate of drug-likeness (QED) is 0.572. The highest BCUT2D eigenvalue weighted by Gasteiger charge is 2.28. The molecule has 29 heavy (non-hydrogen) atoms. The average Bonchev–Trinajstić information content (AvgIpc) is 2.77. The van der Waals surface area contributed by atoms with E-state index in [1.165, 1.54) is 19.2 Å². The topological polar surface area (TPSA) is 94.6 Å². The molecular weight excluding hydrogens is 392 g/mol. The van der Waals surface area contributed by atoms with Gasteiger partial charge in [-0.1, -0.05) is 36.4 Å². The molecule has 1 N–H and O–H groups in total. The molecule has 0 aliphatic rings. The monoisotopic (exact) mass is 412 g/mol. The van der Waals surface area contributed by atoms with Crippen LogP contribution in [0.3, 0.4) is 0 Å². The summed E-state index contributed by atoms with van der Waals surface area (Å²) < 4.78 is 38.1. The molecule has 1 heterocycles. The first-order chi connectivity index (χ1) is 14.0. The van der Waals surface area contributed by atoms with Crippen LogP contribution >= 0.6 is 0 Å². The minimum absolute atomic E-state index is 0.0605. The standard InChI is InChI=1S/C21H20N2O5S/c1-27-21(24)20(23-29(25,26)19-7-3-2-4-8-19)17-9-11-18(12-10-17)28-15-16-6-5-13-22-14-16/h2-14,20,23H,15H2,1H3/t20-/m1/s1. The number of aromatic nitrogens is 1. The second-order valence-electron chi connectivity index (χ2n) is 6.11. The van der Waals surface area contributed by atoms with Crippen molar-refractivity contribution in [2.45, 2.75) is 17.5 Å². The van der Waals surface area contributed by atoms with Crippen molar-refractivity contribution < 1.29 is 22.7 Å². The van der Waals surface area contributed by atoms with Gasteiger partial charge >= 0.3 is 5.97 Å². The van der Waals surface area contributed by atoms with Crippen LogP contribution in [0.5, 0.6) is 5.75 Å². The Morgan fingerprint density at radius 3 is 2.38 bits per heavy atom. The first-order valence-electron chi connectivity index (χ1n) is 8.76. The summed E-state index contributed by atoms with van der Waals surface area (Å²) in [6.45, 7) is 0.342. The molecule has 0 bridgehead atoms. The van der Waals surface area contributed by atoms with Crippen LogP contribution in [0, 0.1) is 0 Å². The van der Waals surface area contributed by atoms with Gasteiger partial charge in [0.05, 0.1) is 12.0 Å². The first-order valence-corrected chi connectivity index (χ1v) is 10.2. The zero-order valence-electron chi connectivity index (χ0n) is 15.7. The number of rotatable bonds is 8. The fourth-order valence-electron chi connectivity index (χ4n) is 2.60. The zero-order valence-corrected chi connectivity index (χ0v) is 16.5. The number of methoxy groups -OCH3 is 1. The van der Waals surface area contributed by atoms with Crippen LogP contribution in [-0.2, 0) is 26.2 Å².